The number of rotatable bonds is 6. The van der Waals surface area contributed by atoms with E-state index in [1.54, 1.807) is 7.05 Å². The number of allylic oxidation sites excluding steroid dienone is 9. The van der Waals surface area contributed by atoms with Crippen LogP contribution in [0.5, 0.6) is 0 Å². The Morgan fingerprint density at radius 2 is 1.31 bits per heavy atom. The standard InChI is InChI=1S/C35H28N2.C12H11N.C2H6.CH6N2/c1-3-5-14-25(4-2)36-32-19-12-11-18-28(32)30-22-31-29-21-20-24-13-9-10-17-27(24)35(29)37(34(31)23-33(30)36)26-15-7-6-8-16-26;1-3-7-11(8-4-1)13-12-9-5-2-6-10-12;1-2;1-3-2/h3-7,9-15,17-23H,2,8,16H2,1H3;1-10,13H;1-2H3;3H,2H2,1H3/b5-3?,25-14+;;;. The number of fused-ring (bicyclic) bond motifs is 8. The van der Waals surface area contributed by atoms with Crippen LogP contribution in [0.3, 0.4) is 0 Å². The smallest absolute Gasteiger partial charge is 0.0616 e. The van der Waals surface area contributed by atoms with Crippen LogP contribution in [0, 0.1) is 0 Å². The van der Waals surface area contributed by atoms with Crippen molar-refractivity contribution in [1.29, 1.82) is 0 Å². The molecule has 1 aliphatic carbocycles. The first-order valence-electron chi connectivity index (χ1n) is 19.1. The molecular weight excluding hydrogens is 671 g/mol. The van der Waals surface area contributed by atoms with Crippen LogP contribution in [0.1, 0.15) is 33.6 Å². The summed E-state index contributed by atoms with van der Waals surface area (Å²) in [7, 11) is 1.65. The number of nitrogens with two attached hydrogens (primary N) is 1. The Bertz CT molecular complexity index is 2610. The zero-order chi connectivity index (χ0) is 38.6. The molecule has 5 nitrogen and oxygen atoms in total. The molecule has 2 heterocycles. The molecule has 6 aromatic carbocycles. The lowest BCUT2D eigenvalue weighted by Gasteiger charge is -2.15. The zero-order valence-corrected chi connectivity index (χ0v) is 32.3. The molecule has 5 heteroatoms. The number of aromatic nitrogens is 2. The van der Waals surface area contributed by atoms with Gasteiger partial charge in [0.25, 0.3) is 0 Å². The minimum atomic E-state index is 1.03. The van der Waals surface area contributed by atoms with Crippen LogP contribution < -0.4 is 16.6 Å². The van der Waals surface area contributed by atoms with Gasteiger partial charge in [0.2, 0.25) is 0 Å². The normalized spacial score (nSPS) is 12.5. The first-order chi connectivity index (χ1) is 27.2. The van der Waals surface area contributed by atoms with E-state index in [1.807, 2.05) is 87.5 Å². The highest BCUT2D eigenvalue weighted by Gasteiger charge is 2.20. The minimum Gasteiger partial charge on any atom is -0.356 e. The van der Waals surface area contributed by atoms with E-state index in [4.69, 9.17) is 0 Å². The number of hydrogen-bond donors (Lipinski definition) is 3. The SMILES string of the molecule is C=C/C(=C\C=CC)n1c2ccccc2c2cc3c4ccc5ccccc5c4n(C4=CC=CCC4)c3cc21.CC.CNN.c1ccc(Nc2ccccc2)cc1. The molecule has 0 saturated carbocycles. The molecule has 0 atom stereocenters. The number of anilines is 2. The molecule has 0 aliphatic heterocycles. The van der Waals surface area contributed by atoms with Crippen molar-refractivity contribution in [1.82, 2.24) is 14.6 Å². The predicted octanol–water partition coefficient (Wildman–Crippen LogP) is 13.4. The third kappa shape index (κ3) is 8.09. The van der Waals surface area contributed by atoms with Gasteiger partial charge in [0.15, 0.2) is 0 Å². The summed E-state index contributed by atoms with van der Waals surface area (Å²) in [5.41, 5.74) is 11.8. The molecule has 9 rings (SSSR count). The average molecular weight is 722 g/mol. The van der Waals surface area contributed by atoms with Crippen molar-refractivity contribution in [2.75, 3.05) is 12.4 Å². The van der Waals surface area contributed by atoms with Gasteiger partial charge in [0.1, 0.15) is 0 Å². The second-order valence-corrected chi connectivity index (χ2v) is 12.8. The molecule has 55 heavy (non-hydrogen) atoms. The second-order valence-electron chi connectivity index (χ2n) is 12.8. The first kappa shape index (κ1) is 38.3. The third-order valence-electron chi connectivity index (χ3n) is 9.49. The van der Waals surface area contributed by atoms with E-state index in [-0.39, 0.29) is 0 Å². The van der Waals surface area contributed by atoms with Gasteiger partial charge in [-0.3, -0.25) is 11.3 Å². The Morgan fingerprint density at radius 1 is 0.691 bits per heavy atom. The summed E-state index contributed by atoms with van der Waals surface area (Å²) in [6.45, 7) is 10.2. The van der Waals surface area contributed by atoms with Crippen molar-refractivity contribution >= 4 is 77.2 Å². The van der Waals surface area contributed by atoms with Crippen molar-refractivity contribution < 1.29 is 0 Å². The summed E-state index contributed by atoms with van der Waals surface area (Å²) in [5, 5.41) is 11.0. The van der Waals surface area contributed by atoms with Gasteiger partial charge in [-0.05, 0) is 92.9 Å². The topological polar surface area (TPSA) is 59.9 Å². The quantitative estimate of drug-likeness (QED) is 0.0910. The van der Waals surface area contributed by atoms with Crippen LogP contribution in [-0.2, 0) is 0 Å². The minimum absolute atomic E-state index is 1.03. The molecule has 2 aromatic heterocycles. The monoisotopic (exact) mass is 721 g/mol. The van der Waals surface area contributed by atoms with E-state index in [9.17, 15) is 0 Å². The highest BCUT2D eigenvalue weighted by Crippen LogP contribution is 2.42. The van der Waals surface area contributed by atoms with Gasteiger partial charge in [0, 0.05) is 49.7 Å². The maximum Gasteiger partial charge on any atom is 0.0616 e. The van der Waals surface area contributed by atoms with Crippen LogP contribution in [0.25, 0.3) is 65.8 Å². The average Bonchev–Trinajstić information content (AvgIpc) is 3.75. The van der Waals surface area contributed by atoms with Crippen molar-refractivity contribution in [3.63, 3.8) is 0 Å². The lowest BCUT2D eigenvalue weighted by molar-refractivity contribution is 0.900. The van der Waals surface area contributed by atoms with Crippen LogP contribution in [0.2, 0.25) is 0 Å². The van der Waals surface area contributed by atoms with Gasteiger partial charge >= 0.3 is 0 Å². The van der Waals surface area contributed by atoms with Gasteiger partial charge in [-0.1, -0.05) is 136 Å². The molecule has 8 aromatic rings. The van der Waals surface area contributed by atoms with E-state index in [1.165, 1.54) is 60.1 Å². The fourth-order valence-corrected chi connectivity index (χ4v) is 7.23. The molecule has 0 unspecified atom stereocenters. The maximum atomic E-state index is 4.60. The van der Waals surface area contributed by atoms with Crippen molar-refractivity contribution in [3.8, 4) is 0 Å². The molecule has 4 N–H and O–H groups in total. The largest absolute Gasteiger partial charge is 0.356 e. The summed E-state index contributed by atoms with van der Waals surface area (Å²) >= 11 is 0. The number of para-hydroxylation sites is 3. The predicted molar refractivity (Wildman–Crippen MR) is 243 cm³/mol. The van der Waals surface area contributed by atoms with Crippen LogP contribution in [0.4, 0.5) is 11.4 Å². The van der Waals surface area contributed by atoms with E-state index in [0.29, 0.717) is 0 Å². The van der Waals surface area contributed by atoms with Gasteiger partial charge in [-0.25, -0.2) is 0 Å². The Morgan fingerprint density at radius 3 is 1.95 bits per heavy atom. The molecule has 0 spiro atoms. The number of nitrogens with one attached hydrogen (secondary N) is 2. The summed E-state index contributed by atoms with van der Waals surface area (Å²) in [6.07, 6.45) is 17.1. The molecule has 0 radical (unpaired) electrons. The highest BCUT2D eigenvalue weighted by molar-refractivity contribution is 6.24. The fourth-order valence-electron chi connectivity index (χ4n) is 7.23. The lowest BCUT2D eigenvalue weighted by Crippen LogP contribution is -2.13. The Balaban J connectivity index is 0.000000238. The number of nitrogens with zero attached hydrogens (tertiary/aromatic N) is 2. The third-order valence-corrected chi connectivity index (χ3v) is 9.49. The fraction of sp³-hybridized carbons (Fsp3) is 0.120. The highest BCUT2D eigenvalue weighted by atomic mass is 15.2. The number of hydrogen-bond acceptors (Lipinski definition) is 3. The second kappa shape index (κ2) is 18.6. The molecule has 0 bridgehead atoms. The van der Waals surface area contributed by atoms with Crippen LogP contribution in [-0.4, -0.2) is 16.2 Å². The Kier molecular flexibility index (Phi) is 12.9. The van der Waals surface area contributed by atoms with Crippen molar-refractivity contribution in [2.45, 2.75) is 33.6 Å². The number of benzene rings is 6. The lowest BCUT2D eigenvalue weighted by atomic mass is 10.0. The molecule has 0 amide bonds. The molecule has 0 fully saturated rings. The van der Waals surface area contributed by atoms with Crippen LogP contribution >= 0.6 is 0 Å². The van der Waals surface area contributed by atoms with E-state index < -0.39 is 0 Å². The van der Waals surface area contributed by atoms with Crippen LogP contribution in [0.15, 0.2) is 183 Å². The summed E-state index contributed by atoms with van der Waals surface area (Å²) < 4.78 is 4.87. The van der Waals surface area contributed by atoms with Crippen molar-refractivity contribution in [3.05, 3.63) is 183 Å². The van der Waals surface area contributed by atoms with Crippen molar-refractivity contribution in [2.24, 2.45) is 5.84 Å². The molecule has 0 saturated heterocycles. The summed E-state index contributed by atoms with van der Waals surface area (Å²) in [5.74, 6) is 4.60. The van der Waals surface area contributed by atoms with E-state index >= 15 is 0 Å². The van der Waals surface area contributed by atoms with Gasteiger partial charge < -0.3 is 14.5 Å². The molecule has 276 valence electrons. The van der Waals surface area contributed by atoms with E-state index in [0.717, 1.165) is 29.9 Å². The first-order valence-corrected chi connectivity index (χ1v) is 19.1. The molecular formula is C50H51N5. The Labute approximate surface area is 325 Å². The maximum absolute atomic E-state index is 4.60. The number of hydrazine groups is 1. The van der Waals surface area contributed by atoms with Gasteiger partial charge in [-0.15, -0.1) is 0 Å². The summed E-state index contributed by atoms with van der Waals surface area (Å²) in [4.78, 5) is 0. The molecule has 1 aliphatic rings. The Hall–Kier alpha value is -6.40. The van der Waals surface area contributed by atoms with Gasteiger partial charge in [-0.2, -0.15) is 0 Å². The van der Waals surface area contributed by atoms with E-state index in [2.05, 4.69) is 142 Å². The summed E-state index contributed by atoms with van der Waals surface area (Å²) in [6, 6.07) is 47.1. The van der Waals surface area contributed by atoms with Gasteiger partial charge in [0.05, 0.1) is 22.1 Å². The zero-order valence-electron chi connectivity index (χ0n) is 32.3.